The summed E-state index contributed by atoms with van der Waals surface area (Å²) in [5, 5.41) is 22.6. The second kappa shape index (κ2) is 6.87. The van der Waals surface area contributed by atoms with Gasteiger partial charge in [0.15, 0.2) is 5.82 Å². The van der Waals surface area contributed by atoms with Gasteiger partial charge in [-0.05, 0) is 18.6 Å². The lowest BCUT2D eigenvalue weighted by atomic mass is 10.0. The maximum atomic E-state index is 12.0. The number of β-lactam (4-membered cyclic amide) rings is 1. The monoisotopic (exact) mass is 410 g/mol. The lowest BCUT2D eigenvalue weighted by Crippen LogP contribution is -2.68. The minimum Gasteiger partial charge on any atom is -0.477 e. The molecule has 12 heteroatoms. The van der Waals surface area contributed by atoms with Crippen molar-refractivity contribution in [2.75, 3.05) is 18.2 Å². The van der Waals surface area contributed by atoms with Crippen LogP contribution in [0.15, 0.2) is 39.4 Å². The van der Waals surface area contributed by atoms with E-state index in [0.717, 1.165) is 10.7 Å². The Balaban J connectivity index is 1.54. The number of hydrogen-bond acceptors (Lipinski definition) is 10. The number of carbonyl (C=O) groups excluding carboxylic acids is 1. The Morgan fingerprint density at radius 3 is 3.04 bits per heavy atom. The van der Waals surface area contributed by atoms with Gasteiger partial charge in [0.25, 0.3) is 0 Å². The smallest absolute Gasteiger partial charge is 0.352 e. The molecule has 0 aromatic rings. The van der Waals surface area contributed by atoms with Crippen LogP contribution in [-0.4, -0.2) is 72.4 Å². The number of amides is 1. The molecule has 10 nitrogen and oxygen atoms in total. The number of fused-ring (bicyclic) bond motifs is 2. The molecule has 4 aliphatic rings. The number of aliphatic imine (C=N–C) groups is 1. The molecule has 5 N–H and O–H groups in total. The van der Waals surface area contributed by atoms with Gasteiger partial charge in [-0.3, -0.25) is 14.7 Å². The number of nitrogens with zero attached hydrogens (tertiary/aromatic N) is 4. The van der Waals surface area contributed by atoms with Gasteiger partial charge in [-0.2, -0.15) is 0 Å². The SMILES string of the molecule is CC1=NC2=CN(CO)NN2C(SCC2=C(C(=O)O)N3C(=O)C(N)[C@H]3SC2)=C1. The highest BCUT2D eigenvalue weighted by molar-refractivity contribution is 8.03. The standard InChI is InChI=1S/C15H18N6O4S2/c1-7-2-10(21-9(17-7)3-19(6-22)18-21)26-4-8-5-27-14-11(16)13(23)20(14)12(8)15(24)25/h2-3,11,14,18,22H,4-6,16H2,1H3,(H,24,25)/t11?,14-/m1/s1. The summed E-state index contributed by atoms with van der Waals surface area (Å²) in [6.45, 7) is 1.65. The first-order valence-electron chi connectivity index (χ1n) is 8.12. The van der Waals surface area contributed by atoms with E-state index in [-0.39, 0.29) is 23.7 Å². The Kier molecular flexibility index (Phi) is 4.68. The second-order valence-corrected chi connectivity index (χ2v) is 8.35. The molecule has 0 aromatic heterocycles. The minimum atomic E-state index is -1.11. The predicted octanol–water partition coefficient (Wildman–Crippen LogP) is -0.597. The van der Waals surface area contributed by atoms with Crippen LogP contribution in [0.4, 0.5) is 0 Å². The third kappa shape index (κ3) is 3.02. The summed E-state index contributed by atoms with van der Waals surface area (Å²) < 4.78 is 0. The van der Waals surface area contributed by atoms with Gasteiger partial charge in [-0.15, -0.1) is 29.1 Å². The van der Waals surface area contributed by atoms with Crippen LogP contribution in [0.5, 0.6) is 0 Å². The first-order valence-corrected chi connectivity index (χ1v) is 10.1. The molecule has 4 rings (SSSR count). The summed E-state index contributed by atoms with van der Waals surface area (Å²) in [5.74, 6) is 0.0934. The highest BCUT2D eigenvalue weighted by Gasteiger charge is 2.51. The average molecular weight is 410 g/mol. The molecule has 27 heavy (non-hydrogen) atoms. The zero-order valence-corrected chi connectivity index (χ0v) is 16.0. The van der Waals surface area contributed by atoms with E-state index in [1.54, 1.807) is 11.2 Å². The van der Waals surface area contributed by atoms with Crippen molar-refractivity contribution >= 4 is 41.1 Å². The topological polar surface area (TPSA) is 135 Å². The molecule has 1 saturated heterocycles. The number of hydrazine groups is 2. The lowest BCUT2D eigenvalue weighted by molar-refractivity contribution is -0.147. The molecule has 1 amide bonds. The number of allylic oxidation sites excluding steroid dienone is 1. The average Bonchev–Trinajstić information content (AvgIpc) is 3.07. The van der Waals surface area contributed by atoms with Crippen LogP contribution >= 0.6 is 23.5 Å². The number of aliphatic carboxylic acids is 1. The predicted molar refractivity (Wildman–Crippen MR) is 101 cm³/mol. The Labute approximate surface area is 163 Å². The molecule has 0 aliphatic carbocycles. The molecule has 4 aliphatic heterocycles. The number of aliphatic hydroxyl groups is 1. The van der Waals surface area contributed by atoms with Gasteiger partial charge in [0.05, 0.1) is 11.2 Å². The Morgan fingerprint density at radius 2 is 2.33 bits per heavy atom. The number of carbonyl (C=O) groups is 2. The molecule has 4 heterocycles. The van der Waals surface area contributed by atoms with Crippen molar-refractivity contribution in [1.82, 2.24) is 20.5 Å². The number of rotatable bonds is 5. The molecular weight excluding hydrogens is 392 g/mol. The summed E-state index contributed by atoms with van der Waals surface area (Å²) in [4.78, 5) is 29.5. The van der Waals surface area contributed by atoms with E-state index in [1.165, 1.54) is 33.4 Å². The molecular formula is C15H18N6O4S2. The van der Waals surface area contributed by atoms with Crippen molar-refractivity contribution in [3.63, 3.8) is 0 Å². The third-order valence-electron chi connectivity index (χ3n) is 4.41. The van der Waals surface area contributed by atoms with E-state index < -0.39 is 12.0 Å². The Hall–Kier alpha value is -1.99. The summed E-state index contributed by atoms with van der Waals surface area (Å²) in [6.07, 6.45) is 3.56. The van der Waals surface area contributed by atoms with Gasteiger partial charge in [0, 0.05) is 17.2 Å². The molecule has 0 bridgehead atoms. The fourth-order valence-corrected chi connectivity index (χ4v) is 5.63. The number of nitrogens with two attached hydrogens (primary N) is 1. The molecule has 2 atom stereocenters. The normalized spacial score (nSPS) is 27.0. The summed E-state index contributed by atoms with van der Waals surface area (Å²) in [5.41, 5.74) is 10.3. The van der Waals surface area contributed by atoms with Crippen LogP contribution in [-0.2, 0) is 9.59 Å². The second-order valence-electron chi connectivity index (χ2n) is 6.25. The van der Waals surface area contributed by atoms with E-state index in [2.05, 4.69) is 10.5 Å². The number of thioether (sulfide) groups is 2. The van der Waals surface area contributed by atoms with Crippen LogP contribution in [0, 0.1) is 0 Å². The third-order valence-corrected chi connectivity index (χ3v) is 6.86. The number of nitrogens with one attached hydrogen (secondary N) is 1. The summed E-state index contributed by atoms with van der Waals surface area (Å²) in [7, 11) is 0. The van der Waals surface area contributed by atoms with Gasteiger partial charge in [0.1, 0.15) is 23.8 Å². The van der Waals surface area contributed by atoms with Crippen LogP contribution in [0.3, 0.4) is 0 Å². The number of carboxylic acids is 1. The minimum absolute atomic E-state index is 0.0434. The first kappa shape index (κ1) is 18.4. The van der Waals surface area contributed by atoms with Crippen molar-refractivity contribution in [1.29, 1.82) is 0 Å². The maximum Gasteiger partial charge on any atom is 0.352 e. The molecule has 0 spiro atoms. The van der Waals surface area contributed by atoms with Crippen molar-refractivity contribution in [3.8, 4) is 0 Å². The van der Waals surface area contributed by atoms with Gasteiger partial charge in [-0.25, -0.2) is 14.8 Å². The maximum absolute atomic E-state index is 12.0. The molecule has 0 radical (unpaired) electrons. The van der Waals surface area contributed by atoms with Gasteiger partial charge in [0.2, 0.25) is 5.91 Å². The van der Waals surface area contributed by atoms with Gasteiger partial charge >= 0.3 is 5.97 Å². The zero-order valence-electron chi connectivity index (χ0n) is 14.3. The van der Waals surface area contributed by atoms with Crippen molar-refractivity contribution in [3.05, 3.63) is 34.4 Å². The van der Waals surface area contributed by atoms with Crippen LogP contribution in [0.1, 0.15) is 6.92 Å². The fourth-order valence-electron chi connectivity index (χ4n) is 3.13. The quantitative estimate of drug-likeness (QED) is 0.435. The molecule has 0 saturated carbocycles. The summed E-state index contributed by atoms with van der Waals surface area (Å²) >= 11 is 2.92. The van der Waals surface area contributed by atoms with E-state index in [1.807, 2.05) is 13.0 Å². The van der Waals surface area contributed by atoms with Crippen LogP contribution in [0.25, 0.3) is 0 Å². The molecule has 0 aromatic carbocycles. The van der Waals surface area contributed by atoms with E-state index in [4.69, 9.17) is 5.73 Å². The number of carboxylic acid groups (broad SMARTS) is 1. The highest BCUT2D eigenvalue weighted by Crippen LogP contribution is 2.41. The van der Waals surface area contributed by atoms with Crippen molar-refractivity contribution in [2.45, 2.75) is 18.3 Å². The number of hydrogen-bond donors (Lipinski definition) is 4. The van der Waals surface area contributed by atoms with Gasteiger partial charge in [-0.1, -0.05) is 0 Å². The first-order chi connectivity index (χ1) is 12.9. The fraction of sp³-hybridized carbons (Fsp3) is 0.400. The number of aliphatic hydroxyl groups excluding tert-OH is 1. The molecule has 144 valence electrons. The molecule has 1 fully saturated rings. The van der Waals surface area contributed by atoms with E-state index in [0.29, 0.717) is 22.9 Å². The van der Waals surface area contributed by atoms with Gasteiger partial charge < -0.3 is 15.9 Å². The van der Waals surface area contributed by atoms with E-state index in [9.17, 15) is 19.8 Å². The van der Waals surface area contributed by atoms with Crippen molar-refractivity contribution < 1.29 is 19.8 Å². The largest absolute Gasteiger partial charge is 0.477 e. The highest BCUT2D eigenvalue weighted by atomic mass is 32.2. The van der Waals surface area contributed by atoms with Crippen LogP contribution < -0.4 is 11.3 Å². The Morgan fingerprint density at radius 1 is 1.56 bits per heavy atom. The Bertz CT molecular complexity index is 838. The van der Waals surface area contributed by atoms with E-state index >= 15 is 0 Å². The zero-order chi connectivity index (χ0) is 19.3. The van der Waals surface area contributed by atoms with Crippen molar-refractivity contribution in [2.24, 2.45) is 10.7 Å². The summed E-state index contributed by atoms with van der Waals surface area (Å²) in [6, 6.07) is -0.635. The lowest BCUT2D eigenvalue weighted by Gasteiger charge is -2.48. The molecule has 1 unspecified atom stereocenters. The van der Waals surface area contributed by atoms with Crippen LogP contribution in [0.2, 0.25) is 0 Å².